The van der Waals surface area contributed by atoms with Crippen molar-refractivity contribution in [2.75, 3.05) is 39.8 Å². The Morgan fingerprint density at radius 1 is 1.29 bits per heavy atom. The minimum atomic E-state index is -0.108. The predicted octanol–water partition coefficient (Wildman–Crippen LogP) is 2.07. The van der Waals surface area contributed by atoms with Gasteiger partial charge in [-0.1, -0.05) is 25.5 Å². The van der Waals surface area contributed by atoms with E-state index in [9.17, 15) is 9.59 Å². The van der Waals surface area contributed by atoms with Crippen LogP contribution in [0.15, 0.2) is 29.3 Å². The maximum Gasteiger partial charge on any atom is 0.254 e. The van der Waals surface area contributed by atoms with E-state index in [4.69, 9.17) is 4.99 Å². The Morgan fingerprint density at radius 2 is 2.00 bits per heavy atom. The van der Waals surface area contributed by atoms with Crippen molar-refractivity contribution >= 4 is 41.8 Å². The van der Waals surface area contributed by atoms with Crippen LogP contribution in [0.25, 0.3) is 0 Å². The molecule has 0 aromatic heterocycles. The molecule has 1 aliphatic rings. The van der Waals surface area contributed by atoms with Crippen molar-refractivity contribution in [2.45, 2.75) is 33.2 Å². The number of benzene rings is 1. The molecule has 1 fully saturated rings. The highest BCUT2D eigenvalue weighted by Crippen LogP contribution is 2.10. The number of aliphatic imine (C=N–C) groups is 1. The molecule has 2 amide bonds. The molecule has 1 aromatic carbocycles. The summed E-state index contributed by atoms with van der Waals surface area (Å²) < 4.78 is 0. The molecule has 0 atom stereocenters. The normalized spacial score (nSPS) is 14.2. The van der Waals surface area contributed by atoms with E-state index < -0.39 is 0 Å². The number of piperazine rings is 1. The smallest absolute Gasteiger partial charge is 0.254 e. The van der Waals surface area contributed by atoms with Gasteiger partial charge in [-0.25, -0.2) is 4.99 Å². The van der Waals surface area contributed by atoms with E-state index in [1.54, 1.807) is 4.90 Å². The number of guanidine groups is 1. The van der Waals surface area contributed by atoms with E-state index in [0.717, 1.165) is 37.5 Å². The molecule has 1 aliphatic heterocycles. The van der Waals surface area contributed by atoms with Gasteiger partial charge in [-0.05, 0) is 31.0 Å². The predicted molar refractivity (Wildman–Crippen MR) is 123 cm³/mol. The van der Waals surface area contributed by atoms with E-state index in [1.807, 2.05) is 31.3 Å². The summed E-state index contributed by atoms with van der Waals surface area (Å²) >= 11 is 0. The number of hydrogen-bond donors (Lipinski definition) is 2. The van der Waals surface area contributed by atoms with Gasteiger partial charge < -0.3 is 20.4 Å². The van der Waals surface area contributed by atoms with Crippen molar-refractivity contribution in [3.8, 4) is 0 Å². The van der Waals surface area contributed by atoms with Gasteiger partial charge >= 0.3 is 0 Å². The Bertz CT molecular complexity index is 663. The number of unbranched alkanes of at least 4 members (excludes halogenated alkanes) is 1. The second-order valence-electron chi connectivity index (χ2n) is 6.72. The zero-order valence-electron chi connectivity index (χ0n) is 17.0. The number of nitrogens with one attached hydrogen (secondary N) is 2. The van der Waals surface area contributed by atoms with Crippen LogP contribution in [0.2, 0.25) is 0 Å². The number of rotatable bonds is 7. The lowest BCUT2D eigenvalue weighted by Crippen LogP contribution is -2.49. The Kier molecular flexibility index (Phi) is 10.9. The summed E-state index contributed by atoms with van der Waals surface area (Å²) in [6.45, 7) is 7.77. The van der Waals surface area contributed by atoms with Gasteiger partial charge in [0.1, 0.15) is 0 Å². The molecule has 8 heteroatoms. The van der Waals surface area contributed by atoms with E-state index in [1.165, 1.54) is 0 Å². The third kappa shape index (κ3) is 7.29. The first kappa shape index (κ1) is 24.2. The molecule has 0 unspecified atom stereocenters. The molecule has 2 N–H and O–H groups in total. The van der Waals surface area contributed by atoms with Crippen LogP contribution in [0.3, 0.4) is 0 Å². The Morgan fingerprint density at radius 3 is 2.61 bits per heavy atom. The Labute approximate surface area is 185 Å². The van der Waals surface area contributed by atoms with Crippen molar-refractivity contribution in [1.82, 2.24) is 20.4 Å². The quantitative estimate of drug-likeness (QED) is 0.341. The summed E-state index contributed by atoms with van der Waals surface area (Å²) in [5.41, 5.74) is 1.65. The molecule has 0 spiro atoms. The van der Waals surface area contributed by atoms with Crippen LogP contribution in [0.5, 0.6) is 0 Å². The van der Waals surface area contributed by atoms with Gasteiger partial charge in [-0.15, -0.1) is 24.0 Å². The number of hydrogen-bond acceptors (Lipinski definition) is 3. The highest BCUT2D eigenvalue weighted by molar-refractivity contribution is 14.0. The average molecular weight is 501 g/mol. The molecule has 0 bridgehead atoms. The van der Waals surface area contributed by atoms with Gasteiger partial charge in [0.15, 0.2) is 5.96 Å². The Balaban J connectivity index is 0.00000392. The van der Waals surface area contributed by atoms with Crippen LogP contribution in [-0.2, 0) is 11.3 Å². The number of carbonyl (C=O) groups is 2. The maximum absolute atomic E-state index is 12.5. The van der Waals surface area contributed by atoms with Crippen molar-refractivity contribution in [2.24, 2.45) is 4.99 Å². The fraction of sp³-hybridized carbons (Fsp3) is 0.550. The minimum Gasteiger partial charge on any atom is -0.357 e. The van der Waals surface area contributed by atoms with Gasteiger partial charge in [-0.3, -0.25) is 9.59 Å². The molecule has 1 aromatic rings. The molecule has 0 saturated carbocycles. The Hall–Kier alpha value is -1.84. The van der Waals surface area contributed by atoms with Gasteiger partial charge in [0, 0.05) is 38.8 Å². The summed E-state index contributed by atoms with van der Waals surface area (Å²) in [6, 6.07) is 7.48. The number of nitrogens with zero attached hydrogens (tertiary/aromatic N) is 3. The summed E-state index contributed by atoms with van der Waals surface area (Å²) in [6.07, 6.45) is 2.28. The first-order valence-electron chi connectivity index (χ1n) is 9.69. The molecule has 0 radical (unpaired) electrons. The first-order chi connectivity index (χ1) is 13.0. The van der Waals surface area contributed by atoms with E-state index in [-0.39, 0.29) is 42.3 Å². The molecular weight excluding hydrogens is 469 g/mol. The highest BCUT2D eigenvalue weighted by atomic mass is 127. The molecule has 2 rings (SSSR count). The number of amides is 2. The molecular formula is C20H32IN5O2. The largest absolute Gasteiger partial charge is 0.357 e. The van der Waals surface area contributed by atoms with Crippen LogP contribution in [0.1, 0.15) is 42.6 Å². The third-order valence-corrected chi connectivity index (χ3v) is 4.48. The van der Waals surface area contributed by atoms with Crippen molar-refractivity contribution in [3.63, 3.8) is 0 Å². The zero-order chi connectivity index (χ0) is 19.6. The lowest BCUT2D eigenvalue weighted by molar-refractivity contribution is -0.123. The van der Waals surface area contributed by atoms with Crippen LogP contribution < -0.4 is 10.6 Å². The number of carbonyl (C=O) groups excluding carboxylic acids is 2. The zero-order valence-corrected chi connectivity index (χ0v) is 19.4. The number of halogens is 1. The van der Waals surface area contributed by atoms with Crippen LogP contribution in [0.4, 0.5) is 0 Å². The van der Waals surface area contributed by atoms with Crippen LogP contribution in [-0.4, -0.2) is 67.3 Å². The molecule has 28 heavy (non-hydrogen) atoms. The molecule has 1 heterocycles. The lowest BCUT2D eigenvalue weighted by Gasteiger charge is -2.26. The SMILES string of the molecule is CCCCN(C)C(=NCc1ccc(C(=O)N2CCNC(=O)C2)cc1)NCC.I. The van der Waals surface area contributed by atoms with Gasteiger partial charge in [0.2, 0.25) is 5.91 Å². The summed E-state index contributed by atoms with van der Waals surface area (Å²) in [7, 11) is 2.05. The van der Waals surface area contributed by atoms with Crippen molar-refractivity contribution in [3.05, 3.63) is 35.4 Å². The summed E-state index contributed by atoms with van der Waals surface area (Å²) in [4.78, 5) is 32.4. The molecule has 1 saturated heterocycles. The highest BCUT2D eigenvalue weighted by Gasteiger charge is 2.22. The maximum atomic E-state index is 12.5. The second-order valence-corrected chi connectivity index (χ2v) is 6.72. The fourth-order valence-corrected chi connectivity index (χ4v) is 2.88. The molecule has 156 valence electrons. The monoisotopic (exact) mass is 501 g/mol. The second kappa shape index (κ2) is 12.6. The van der Waals surface area contributed by atoms with Crippen LogP contribution in [0, 0.1) is 0 Å². The van der Waals surface area contributed by atoms with E-state index in [2.05, 4.69) is 29.4 Å². The minimum absolute atomic E-state index is 0. The fourth-order valence-electron chi connectivity index (χ4n) is 2.88. The lowest BCUT2D eigenvalue weighted by atomic mass is 10.1. The summed E-state index contributed by atoms with van der Waals surface area (Å²) in [5, 5.41) is 6.04. The topological polar surface area (TPSA) is 77.0 Å². The molecule has 0 aliphatic carbocycles. The molecule has 7 nitrogen and oxygen atoms in total. The average Bonchev–Trinajstić information content (AvgIpc) is 2.69. The van der Waals surface area contributed by atoms with Gasteiger partial charge in [0.05, 0.1) is 13.1 Å². The van der Waals surface area contributed by atoms with Gasteiger partial charge in [0.25, 0.3) is 5.91 Å². The van der Waals surface area contributed by atoms with Gasteiger partial charge in [-0.2, -0.15) is 0 Å². The van der Waals surface area contributed by atoms with Crippen LogP contribution >= 0.6 is 24.0 Å². The summed E-state index contributed by atoms with van der Waals surface area (Å²) in [5.74, 6) is 0.682. The third-order valence-electron chi connectivity index (χ3n) is 4.48. The standard InChI is InChI=1S/C20H31N5O2.HI/c1-4-6-12-24(3)20(21-5-2)23-14-16-7-9-17(10-8-16)19(27)25-13-11-22-18(26)15-25;/h7-10H,4-6,11-15H2,1-3H3,(H,21,23)(H,22,26);1H. The van der Waals surface area contributed by atoms with Crippen molar-refractivity contribution in [1.29, 1.82) is 0 Å². The van der Waals surface area contributed by atoms with E-state index >= 15 is 0 Å². The first-order valence-corrected chi connectivity index (χ1v) is 9.69. The van der Waals surface area contributed by atoms with Crippen molar-refractivity contribution < 1.29 is 9.59 Å². The van der Waals surface area contributed by atoms with E-state index in [0.29, 0.717) is 25.2 Å².